The third-order valence-electron chi connectivity index (χ3n) is 6.93. The van der Waals surface area contributed by atoms with Crippen molar-refractivity contribution in [3.63, 3.8) is 0 Å². The molecule has 2 aliphatic heterocycles. The van der Waals surface area contributed by atoms with E-state index in [2.05, 4.69) is 46.3 Å². The Hall–Kier alpha value is -2.76. The normalized spacial score (nSPS) is 21.2. The Kier molecular flexibility index (Phi) is 6.19. The highest BCUT2D eigenvalue weighted by molar-refractivity contribution is 5.88. The van der Waals surface area contributed by atoms with E-state index in [1.165, 1.54) is 5.56 Å². The van der Waals surface area contributed by atoms with Gasteiger partial charge in [-0.1, -0.05) is 54.6 Å². The predicted molar refractivity (Wildman–Crippen MR) is 125 cm³/mol. The molecule has 1 amide bonds. The molecule has 1 unspecified atom stereocenters. The Morgan fingerprint density at radius 3 is 2.62 bits per heavy atom. The average molecular weight is 431 g/mol. The van der Waals surface area contributed by atoms with Crippen molar-refractivity contribution in [2.75, 3.05) is 39.5 Å². The first-order chi connectivity index (χ1) is 15.8. The standard InChI is InChI=1S/C27H30N2O3/c30-26(27(11-15-31-16-12-27)24-9-2-1-3-10-24)29-14-17-32-20-21(19-29)18-23-7-4-6-22-8-5-13-28-25(22)23/h1-10,13,21H,11-12,14-20H2. The number of carbonyl (C=O) groups excluding carboxylic acids is 1. The van der Waals surface area contributed by atoms with Gasteiger partial charge in [-0.15, -0.1) is 0 Å². The van der Waals surface area contributed by atoms with Gasteiger partial charge in [-0.25, -0.2) is 0 Å². The molecule has 0 radical (unpaired) electrons. The van der Waals surface area contributed by atoms with Gasteiger partial charge < -0.3 is 14.4 Å². The number of pyridine rings is 1. The third-order valence-corrected chi connectivity index (χ3v) is 6.93. The molecule has 0 bridgehead atoms. The topological polar surface area (TPSA) is 51.7 Å². The van der Waals surface area contributed by atoms with E-state index in [1.807, 2.05) is 30.5 Å². The molecule has 0 aliphatic carbocycles. The summed E-state index contributed by atoms with van der Waals surface area (Å²) in [7, 11) is 0. The van der Waals surface area contributed by atoms with Crippen LogP contribution in [0.5, 0.6) is 0 Å². The molecule has 1 atom stereocenters. The van der Waals surface area contributed by atoms with Crippen LogP contribution in [0.2, 0.25) is 0 Å². The number of benzene rings is 2. The summed E-state index contributed by atoms with van der Waals surface area (Å²) in [5, 5.41) is 1.15. The fourth-order valence-corrected chi connectivity index (χ4v) is 5.24. The largest absolute Gasteiger partial charge is 0.381 e. The van der Waals surface area contributed by atoms with Crippen molar-refractivity contribution in [1.82, 2.24) is 9.88 Å². The van der Waals surface area contributed by atoms with Crippen LogP contribution < -0.4 is 0 Å². The fraction of sp³-hybridized carbons (Fsp3) is 0.407. The SMILES string of the molecule is O=C(N1CCOCC(Cc2cccc3cccnc23)C1)C1(c2ccccc2)CCOCC1. The predicted octanol–water partition coefficient (Wildman–Crippen LogP) is 4.00. The van der Waals surface area contributed by atoms with Gasteiger partial charge in [0.15, 0.2) is 0 Å². The molecule has 5 heteroatoms. The number of fused-ring (bicyclic) bond motifs is 1. The molecule has 5 rings (SSSR count). The summed E-state index contributed by atoms with van der Waals surface area (Å²) < 4.78 is 11.6. The molecule has 3 heterocycles. The van der Waals surface area contributed by atoms with E-state index in [-0.39, 0.29) is 11.8 Å². The van der Waals surface area contributed by atoms with E-state index in [0.717, 1.165) is 35.7 Å². The number of para-hydroxylation sites is 1. The monoisotopic (exact) mass is 430 g/mol. The zero-order chi connectivity index (χ0) is 21.8. The number of amides is 1. The van der Waals surface area contributed by atoms with Crippen LogP contribution in [0.4, 0.5) is 0 Å². The number of nitrogens with zero attached hydrogens (tertiary/aromatic N) is 2. The van der Waals surface area contributed by atoms with E-state index in [0.29, 0.717) is 39.5 Å². The summed E-state index contributed by atoms with van der Waals surface area (Å²) in [5.41, 5.74) is 2.86. The number of hydrogen-bond acceptors (Lipinski definition) is 4. The second-order valence-electron chi connectivity index (χ2n) is 8.95. The lowest BCUT2D eigenvalue weighted by Gasteiger charge is -2.40. The van der Waals surface area contributed by atoms with E-state index in [4.69, 9.17) is 9.47 Å². The molecule has 0 saturated carbocycles. The lowest BCUT2D eigenvalue weighted by Crippen LogP contribution is -2.51. The molecule has 166 valence electrons. The van der Waals surface area contributed by atoms with Crippen molar-refractivity contribution in [2.45, 2.75) is 24.7 Å². The number of carbonyl (C=O) groups is 1. The molecule has 2 aliphatic rings. The van der Waals surface area contributed by atoms with Crippen molar-refractivity contribution in [3.05, 3.63) is 78.0 Å². The van der Waals surface area contributed by atoms with Crippen LogP contribution in [0.1, 0.15) is 24.0 Å². The lowest BCUT2D eigenvalue weighted by atomic mass is 9.73. The fourth-order valence-electron chi connectivity index (χ4n) is 5.24. The van der Waals surface area contributed by atoms with Crippen LogP contribution >= 0.6 is 0 Å². The van der Waals surface area contributed by atoms with Crippen molar-refractivity contribution in [3.8, 4) is 0 Å². The summed E-state index contributed by atoms with van der Waals surface area (Å²) in [4.78, 5) is 20.7. The van der Waals surface area contributed by atoms with E-state index < -0.39 is 5.41 Å². The van der Waals surface area contributed by atoms with Gasteiger partial charge in [0.05, 0.1) is 24.1 Å². The second kappa shape index (κ2) is 9.39. The summed E-state index contributed by atoms with van der Waals surface area (Å²) >= 11 is 0. The summed E-state index contributed by atoms with van der Waals surface area (Å²) in [6, 6.07) is 20.7. The third kappa shape index (κ3) is 4.15. The maximum atomic E-state index is 14.0. The highest BCUT2D eigenvalue weighted by Crippen LogP contribution is 2.37. The molecule has 2 fully saturated rings. The average Bonchev–Trinajstić information content (AvgIpc) is 3.10. The lowest BCUT2D eigenvalue weighted by molar-refractivity contribution is -0.141. The minimum absolute atomic E-state index is 0.221. The second-order valence-corrected chi connectivity index (χ2v) is 8.95. The van der Waals surface area contributed by atoms with Crippen LogP contribution in [0, 0.1) is 5.92 Å². The van der Waals surface area contributed by atoms with Crippen LogP contribution in [0.15, 0.2) is 66.9 Å². The zero-order valence-electron chi connectivity index (χ0n) is 18.4. The Morgan fingerprint density at radius 1 is 0.969 bits per heavy atom. The molecular weight excluding hydrogens is 400 g/mol. The molecule has 0 N–H and O–H groups in total. The van der Waals surface area contributed by atoms with Gasteiger partial charge >= 0.3 is 0 Å². The molecule has 5 nitrogen and oxygen atoms in total. The summed E-state index contributed by atoms with van der Waals surface area (Å²) in [5.74, 6) is 0.459. The van der Waals surface area contributed by atoms with Gasteiger partial charge in [0, 0.05) is 43.8 Å². The summed E-state index contributed by atoms with van der Waals surface area (Å²) in [6.45, 7) is 3.83. The Morgan fingerprint density at radius 2 is 1.78 bits per heavy atom. The Labute approximate surface area is 189 Å². The Bertz CT molecular complexity index is 1060. The number of aromatic nitrogens is 1. The van der Waals surface area contributed by atoms with Gasteiger partial charge in [0.2, 0.25) is 5.91 Å². The van der Waals surface area contributed by atoms with Crippen LogP contribution in [-0.2, 0) is 26.1 Å². The molecule has 2 saturated heterocycles. The minimum atomic E-state index is -0.505. The number of hydrogen-bond donors (Lipinski definition) is 0. The van der Waals surface area contributed by atoms with Gasteiger partial charge in [0.1, 0.15) is 0 Å². The van der Waals surface area contributed by atoms with E-state index in [1.54, 1.807) is 0 Å². The smallest absolute Gasteiger partial charge is 0.233 e. The molecule has 2 aromatic carbocycles. The van der Waals surface area contributed by atoms with Gasteiger partial charge in [-0.3, -0.25) is 9.78 Å². The van der Waals surface area contributed by atoms with Crippen molar-refractivity contribution >= 4 is 16.8 Å². The first kappa shape index (κ1) is 21.1. The van der Waals surface area contributed by atoms with E-state index in [9.17, 15) is 4.79 Å². The first-order valence-electron chi connectivity index (χ1n) is 11.6. The first-order valence-corrected chi connectivity index (χ1v) is 11.6. The maximum Gasteiger partial charge on any atom is 0.233 e. The van der Waals surface area contributed by atoms with Crippen molar-refractivity contribution in [1.29, 1.82) is 0 Å². The van der Waals surface area contributed by atoms with Crippen LogP contribution in [0.3, 0.4) is 0 Å². The number of ether oxygens (including phenoxy) is 2. The van der Waals surface area contributed by atoms with Crippen molar-refractivity contribution in [2.24, 2.45) is 5.92 Å². The summed E-state index contributed by atoms with van der Waals surface area (Å²) in [6.07, 6.45) is 4.15. The van der Waals surface area contributed by atoms with Gasteiger partial charge in [-0.2, -0.15) is 0 Å². The highest BCUT2D eigenvalue weighted by Gasteiger charge is 2.44. The van der Waals surface area contributed by atoms with Crippen LogP contribution in [0.25, 0.3) is 10.9 Å². The van der Waals surface area contributed by atoms with Crippen molar-refractivity contribution < 1.29 is 14.3 Å². The molecule has 32 heavy (non-hydrogen) atoms. The molecular formula is C27H30N2O3. The van der Waals surface area contributed by atoms with Crippen LogP contribution in [-0.4, -0.2) is 55.3 Å². The highest BCUT2D eigenvalue weighted by atomic mass is 16.5. The Balaban J connectivity index is 1.40. The maximum absolute atomic E-state index is 14.0. The molecule has 3 aromatic rings. The van der Waals surface area contributed by atoms with Gasteiger partial charge in [0.25, 0.3) is 0 Å². The minimum Gasteiger partial charge on any atom is -0.381 e. The molecule has 1 aromatic heterocycles. The quantitative estimate of drug-likeness (QED) is 0.628. The van der Waals surface area contributed by atoms with E-state index >= 15 is 0 Å². The molecule has 0 spiro atoms. The number of rotatable bonds is 4. The van der Waals surface area contributed by atoms with Gasteiger partial charge in [-0.05, 0) is 36.5 Å². The zero-order valence-corrected chi connectivity index (χ0v) is 18.4.